The maximum Gasteiger partial charge on any atom is 0.435 e. The number of aromatic nitrogens is 2. The highest BCUT2D eigenvalue weighted by Gasteiger charge is 2.33. The molecule has 0 saturated heterocycles. The highest BCUT2D eigenvalue weighted by Crippen LogP contribution is 2.27. The predicted molar refractivity (Wildman–Crippen MR) is 73.4 cm³/mol. The number of hydrogen-bond acceptors (Lipinski definition) is 3. The van der Waals surface area contributed by atoms with E-state index in [1.54, 1.807) is 24.3 Å². The summed E-state index contributed by atoms with van der Waals surface area (Å²) in [4.78, 5) is 0. The van der Waals surface area contributed by atoms with Crippen LogP contribution in [-0.2, 0) is 22.9 Å². The summed E-state index contributed by atoms with van der Waals surface area (Å²) < 4.78 is 65.4. The minimum atomic E-state index is -4.49. The third-order valence-corrected chi connectivity index (χ3v) is 3.88. The summed E-state index contributed by atoms with van der Waals surface area (Å²) in [5.41, 5.74) is 0.125. The van der Waals surface area contributed by atoms with Gasteiger partial charge in [-0.05, 0) is 23.8 Å². The molecule has 0 radical (unpaired) electrons. The lowest BCUT2D eigenvalue weighted by molar-refractivity contribution is -0.141. The monoisotopic (exact) mass is 334 g/mol. The highest BCUT2D eigenvalue weighted by atomic mass is 32.2. The summed E-state index contributed by atoms with van der Waals surface area (Å²) in [6, 6.07) is 7.19. The van der Waals surface area contributed by atoms with Gasteiger partial charge < -0.3 is 0 Å². The fourth-order valence-corrected chi connectivity index (χ4v) is 2.14. The number of nitrogens with zero attached hydrogens (tertiary/aromatic N) is 2. The molecular weight excluding hydrogens is 321 g/mol. The molecule has 0 fully saturated rings. The van der Waals surface area contributed by atoms with E-state index in [1.165, 1.54) is 13.2 Å². The van der Waals surface area contributed by atoms with Gasteiger partial charge >= 0.3 is 6.18 Å². The Labute approximate surface area is 125 Å². The number of rotatable bonds is 5. The molecule has 1 heterocycles. The van der Waals surface area contributed by atoms with Gasteiger partial charge in [-0.15, -0.1) is 0 Å². The van der Waals surface area contributed by atoms with Crippen molar-refractivity contribution in [3.05, 3.63) is 47.8 Å². The van der Waals surface area contributed by atoms with Crippen LogP contribution in [0.1, 0.15) is 11.3 Å². The SMILES string of the molecule is CNS(=O)(=O)NCc1ccc(-n2ccc(C(F)(F)F)n2)cc1. The molecule has 2 rings (SSSR count). The van der Waals surface area contributed by atoms with Gasteiger partial charge in [0.1, 0.15) is 0 Å². The molecule has 0 saturated carbocycles. The maximum absolute atomic E-state index is 12.5. The van der Waals surface area contributed by atoms with Crippen LogP contribution in [0.15, 0.2) is 36.5 Å². The molecule has 0 atom stereocenters. The van der Waals surface area contributed by atoms with Crippen LogP contribution in [0.25, 0.3) is 5.69 Å². The van der Waals surface area contributed by atoms with Gasteiger partial charge in [-0.3, -0.25) is 0 Å². The summed E-state index contributed by atoms with van der Waals surface area (Å²) in [6.45, 7) is 0.0658. The Morgan fingerprint density at radius 2 is 1.82 bits per heavy atom. The van der Waals surface area contributed by atoms with Crippen molar-refractivity contribution in [3.63, 3.8) is 0 Å². The number of benzene rings is 1. The van der Waals surface area contributed by atoms with Crippen LogP contribution in [0.3, 0.4) is 0 Å². The van der Waals surface area contributed by atoms with Crippen LogP contribution < -0.4 is 9.44 Å². The molecule has 0 unspecified atom stereocenters. The van der Waals surface area contributed by atoms with Crippen molar-refractivity contribution in [3.8, 4) is 5.69 Å². The molecule has 2 N–H and O–H groups in total. The Bertz CT molecular complexity index is 738. The van der Waals surface area contributed by atoms with Crippen molar-refractivity contribution in [1.82, 2.24) is 19.2 Å². The molecule has 0 aliphatic heterocycles. The number of alkyl halides is 3. The molecule has 0 bridgehead atoms. The first kappa shape index (κ1) is 16.5. The summed E-state index contributed by atoms with van der Waals surface area (Å²) in [5.74, 6) is 0. The summed E-state index contributed by atoms with van der Waals surface area (Å²) in [6.07, 6.45) is -3.28. The normalized spacial score (nSPS) is 12.5. The highest BCUT2D eigenvalue weighted by molar-refractivity contribution is 7.87. The van der Waals surface area contributed by atoms with Crippen LogP contribution >= 0.6 is 0 Å². The summed E-state index contributed by atoms with van der Waals surface area (Å²) >= 11 is 0. The fourth-order valence-electron chi connectivity index (χ4n) is 1.64. The molecule has 0 spiro atoms. The fraction of sp³-hybridized carbons (Fsp3) is 0.250. The van der Waals surface area contributed by atoms with Crippen molar-refractivity contribution in [2.24, 2.45) is 0 Å². The van der Waals surface area contributed by atoms with E-state index in [-0.39, 0.29) is 6.54 Å². The van der Waals surface area contributed by atoms with Gasteiger partial charge in [-0.25, -0.2) is 9.40 Å². The summed E-state index contributed by atoms with van der Waals surface area (Å²) in [7, 11) is -2.26. The van der Waals surface area contributed by atoms with Crippen LogP contribution in [-0.4, -0.2) is 25.2 Å². The Balaban J connectivity index is 2.10. The second-order valence-electron chi connectivity index (χ2n) is 4.34. The lowest BCUT2D eigenvalue weighted by Gasteiger charge is -2.07. The van der Waals surface area contributed by atoms with Crippen LogP contribution in [0.2, 0.25) is 0 Å². The van der Waals surface area contributed by atoms with E-state index in [2.05, 4.69) is 14.5 Å². The molecule has 1 aromatic carbocycles. The smallest absolute Gasteiger partial charge is 0.240 e. The van der Waals surface area contributed by atoms with E-state index < -0.39 is 22.1 Å². The first-order valence-electron chi connectivity index (χ1n) is 6.11. The number of hydrogen-bond donors (Lipinski definition) is 2. The van der Waals surface area contributed by atoms with Crippen molar-refractivity contribution in [2.75, 3.05) is 7.05 Å². The van der Waals surface area contributed by atoms with Gasteiger partial charge in [0.25, 0.3) is 10.2 Å². The van der Waals surface area contributed by atoms with E-state index in [0.717, 1.165) is 10.7 Å². The van der Waals surface area contributed by atoms with Crippen molar-refractivity contribution >= 4 is 10.2 Å². The van der Waals surface area contributed by atoms with Crippen molar-refractivity contribution in [1.29, 1.82) is 0 Å². The van der Waals surface area contributed by atoms with Crippen LogP contribution in [0.4, 0.5) is 13.2 Å². The van der Waals surface area contributed by atoms with Gasteiger partial charge in [0.15, 0.2) is 5.69 Å². The van der Waals surface area contributed by atoms with E-state index in [1.807, 2.05) is 0 Å². The minimum Gasteiger partial charge on any atom is -0.240 e. The molecular formula is C12H13F3N4O2S. The topological polar surface area (TPSA) is 76.0 Å². The third kappa shape index (κ3) is 4.06. The van der Waals surface area contributed by atoms with E-state index >= 15 is 0 Å². The molecule has 6 nitrogen and oxygen atoms in total. The van der Waals surface area contributed by atoms with E-state index in [0.29, 0.717) is 11.3 Å². The standard InChI is InChI=1S/C12H13F3N4O2S/c1-16-22(20,21)17-8-9-2-4-10(5-3-9)19-7-6-11(18-19)12(13,14)15/h2-7,16-17H,8H2,1H3. The van der Waals surface area contributed by atoms with Gasteiger partial charge in [-0.2, -0.15) is 31.4 Å². The quantitative estimate of drug-likeness (QED) is 0.869. The average Bonchev–Trinajstić information content (AvgIpc) is 2.96. The van der Waals surface area contributed by atoms with Gasteiger partial charge in [0, 0.05) is 19.8 Å². The second-order valence-corrected chi connectivity index (χ2v) is 6.04. The Morgan fingerprint density at radius 3 is 2.32 bits per heavy atom. The molecule has 1 aromatic heterocycles. The second kappa shape index (κ2) is 6.07. The van der Waals surface area contributed by atoms with E-state index in [4.69, 9.17) is 0 Å². The molecule has 2 aromatic rings. The maximum atomic E-state index is 12.5. The zero-order valence-electron chi connectivity index (χ0n) is 11.4. The van der Waals surface area contributed by atoms with Crippen molar-refractivity contribution < 1.29 is 21.6 Å². The van der Waals surface area contributed by atoms with Crippen LogP contribution in [0.5, 0.6) is 0 Å². The Hall–Kier alpha value is -1.91. The van der Waals surface area contributed by atoms with E-state index in [9.17, 15) is 21.6 Å². The average molecular weight is 334 g/mol. The molecule has 0 aliphatic carbocycles. The molecule has 10 heteroatoms. The third-order valence-electron chi connectivity index (χ3n) is 2.82. The molecule has 0 aliphatic rings. The summed E-state index contributed by atoms with van der Waals surface area (Å²) in [5, 5.41) is 3.45. The lowest BCUT2D eigenvalue weighted by atomic mass is 10.2. The van der Waals surface area contributed by atoms with Gasteiger partial charge in [0.2, 0.25) is 0 Å². The number of nitrogens with one attached hydrogen (secondary N) is 2. The first-order valence-corrected chi connectivity index (χ1v) is 7.60. The minimum absolute atomic E-state index is 0.0658. The predicted octanol–water partition coefficient (Wildman–Crippen LogP) is 1.44. The largest absolute Gasteiger partial charge is 0.435 e. The zero-order valence-corrected chi connectivity index (χ0v) is 12.2. The van der Waals surface area contributed by atoms with Gasteiger partial charge in [0.05, 0.1) is 5.69 Å². The lowest BCUT2D eigenvalue weighted by Crippen LogP contribution is -2.33. The Morgan fingerprint density at radius 1 is 1.18 bits per heavy atom. The molecule has 0 amide bonds. The number of halogens is 3. The van der Waals surface area contributed by atoms with Crippen LogP contribution in [0, 0.1) is 0 Å². The zero-order chi connectivity index (χ0) is 16.4. The van der Waals surface area contributed by atoms with Gasteiger partial charge in [-0.1, -0.05) is 12.1 Å². The Kier molecular flexibility index (Phi) is 4.54. The molecule has 22 heavy (non-hydrogen) atoms. The molecule has 120 valence electrons. The van der Waals surface area contributed by atoms with Crippen molar-refractivity contribution in [2.45, 2.75) is 12.7 Å². The first-order chi connectivity index (χ1) is 10.2.